The fraction of sp³-hybridized carbons (Fsp3) is 0. The van der Waals surface area contributed by atoms with Crippen molar-refractivity contribution in [2.24, 2.45) is 0 Å². The monoisotopic (exact) mass is 230 g/mol. The summed E-state index contributed by atoms with van der Waals surface area (Å²) in [4.78, 5) is 0.522. The summed E-state index contributed by atoms with van der Waals surface area (Å²) in [6.07, 6.45) is 0. The van der Waals surface area contributed by atoms with Crippen molar-refractivity contribution < 1.29 is 10.2 Å². The number of phenolic OH excluding ortho intramolecular Hbond substituents is 2. The Morgan fingerprint density at radius 3 is 2.31 bits per heavy atom. The molecule has 0 atom stereocenters. The van der Waals surface area contributed by atoms with Gasteiger partial charge in [0, 0.05) is 5.56 Å². The van der Waals surface area contributed by atoms with Crippen LogP contribution in [-0.4, -0.2) is 15.1 Å². The summed E-state index contributed by atoms with van der Waals surface area (Å²) in [5.41, 5.74) is 1.32. The van der Waals surface area contributed by atoms with Gasteiger partial charge in [-0.1, -0.05) is 42.5 Å². The highest BCUT2D eigenvalue weighted by Gasteiger charge is 2.09. The van der Waals surface area contributed by atoms with Gasteiger partial charge in [0.1, 0.15) is 11.5 Å². The molecule has 0 unspecified atom stereocenters. The van der Waals surface area contributed by atoms with Gasteiger partial charge in [0.25, 0.3) is 0 Å². The lowest BCUT2D eigenvalue weighted by molar-refractivity contribution is 0.459. The Kier molecular flexibility index (Phi) is 2.88. The zero-order chi connectivity index (χ0) is 11.5. The molecule has 0 bridgehead atoms. The average Bonchev–Trinajstić information content (AvgIpc) is 2.32. The van der Waals surface area contributed by atoms with Crippen molar-refractivity contribution in [3.05, 3.63) is 59.7 Å². The molecule has 0 aromatic heterocycles. The lowest BCUT2D eigenvalue weighted by Gasteiger charge is -2.07. The van der Waals surface area contributed by atoms with Crippen LogP contribution in [0.5, 0.6) is 11.5 Å². The van der Waals surface area contributed by atoms with Crippen LogP contribution in [0.15, 0.2) is 48.5 Å². The van der Waals surface area contributed by atoms with E-state index in [1.807, 2.05) is 30.3 Å². The highest BCUT2D eigenvalue weighted by atomic mass is 32.1. The predicted octanol–water partition coefficient (Wildman–Crippen LogP) is 2.86. The molecular formula is C13H10O2S. The van der Waals surface area contributed by atoms with Crippen molar-refractivity contribution in [2.45, 2.75) is 0 Å². The molecule has 0 saturated carbocycles. The molecule has 0 fully saturated rings. The molecule has 0 aliphatic carbocycles. The summed E-state index contributed by atoms with van der Waals surface area (Å²) < 4.78 is 0. The Balaban J connectivity index is 2.46. The lowest BCUT2D eigenvalue weighted by atomic mass is 10.0. The van der Waals surface area contributed by atoms with Gasteiger partial charge in [0.15, 0.2) is 0 Å². The van der Waals surface area contributed by atoms with Crippen LogP contribution in [0.3, 0.4) is 0 Å². The molecule has 3 heteroatoms. The standard InChI is InChI=1S/C13H10O2S/c14-10-6-7-12(15)11(8-10)13(16)9-4-2-1-3-5-9/h1-8,14-15H. The van der Waals surface area contributed by atoms with Crippen molar-refractivity contribution in [2.75, 3.05) is 0 Å². The SMILES string of the molecule is Oc1ccc(O)c(C(=S)c2ccccc2)c1. The van der Waals surface area contributed by atoms with E-state index in [0.29, 0.717) is 10.4 Å². The second-order valence-corrected chi connectivity index (χ2v) is 3.80. The summed E-state index contributed by atoms with van der Waals surface area (Å²) in [5, 5.41) is 19.0. The molecule has 0 spiro atoms. The van der Waals surface area contributed by atoms with Gasteiger partial charge in [-0.25, -0.2) is 0 Å². The predicted molar refractivity (Wildman–Crippen MR) is 67.0 cm³/mol. The zero-order valence-electron chi connectivity index (χ0n) is 8.42. The van der Waals surface area contributed by atoms with Gasteiger partial charge >= 0.3 is 0 Å². The largest absolute Gasteiger partial charge is 0.508 e. The van der Waals surface area contributed by atoms with Crippen LogP contribution in [0.4, 0.5) is 0 Å². The highest BCUT2D eigenvalue weighted by Crippen LogP contribution is 2.25. The molecule has 2 nitrogen and oxygen atoms in total. The van der Waals surface area contributed by atoms with Gasteiger partial charge in [-0.2, -0.15) is 0 Å². The molecule has 0 radical (unpaired) electrons. The summed E-state index contributed by atoms with van der Waals surface area (Å²) in [6, 6.07) is 13.7. The first-order valence-electron chi connectivity index (χ1n) is 4.80. The van der Waals surface area contributed by atoms with Crippen LogP contribution in [0.2, 0.25) is 0 Å². The van der Waals surface area contributed by atoms with Gasteiger partial charge in [0.05, 0.1) is 4.86 Å². The first kappa shape index (κ1) is 10.6. The van der Waals surface area contributed by atoms with Crippen molar-refractivity contribution >= 4 is 17.1 Å². The number of benzene rings is 2. The van der Waals surface area contributed by atoms with Crippen LogP contribution < -0.4 is 0 Å². The number of hydrogen-bond donors (Lipinski definition) is 2. The normalized spacial score (nSPS) is 10.0. The first-order valence-corrected chi connectivity index (χ1v) is 5.21. The van der Waals surface area contributed by atoms with Gasteiger partial charge in [-0.05, 0) is 23.8 Å². The van der Waals surface area contributed by atoms with E-state index in [9.17, 15) is 10.2 Å². The van der Waals surface area contributed by atoms with Gasteiger partial charge in [0.2, 0.25) is 0 Å². The zero-order valence-corrected chi connectivity index (χ0v) is 9.24. The fourth-order valence-corrected chi connectivity index (χ4v) is 1.75. The molecule has 80 valence electrons. The third kappa shape index (κ3) is 2.04. The van der Waals surface area contributed by atoms with Crippen molar-refractivity contribution in [3.8, 4) is 11.5 Å². The molecule has 0 heterocycles. The third-order valence-electron chi connectivity index (χ3n) is 2.26. The topological polar surface area (TPSA) is 40.5 Å². The van der Waals surface area contributed by atoms with E-state index in [4.69, 9.17) is 12.2 Å². The number of thiocarbonyl (C=S) groups is 1. The van der Waals surface area contributed by atoms with Gasteiger partial charge < -0.3 is 10.2 Å². The molecule has 2 N–H and O–H groups in total. The highest BCUT2D eigenvalue weighted by molar-refractivity contribution is 7.81. The van der Waals surface area contributed by atoms with Gasteiger partial charge in [-0.15, -0.1) is 0 Å². The molecule has 0 amide bonds. The molecule has 0 aliphatic heterocycles. The number of aromatic hydroxyl groups is 2. The van der Waals surface area contributed by atoms with Crippen LogP contribution in [-0.2, 0) is 0 Å². The van der Waals surface area contributed by atoms with E-state index in [1.165, 1.54) is 18.2 Å². The minimum atomic E-state index is 0.0756. The van der Waals surface area contributed by atoms with Crippen LogP contribution in [0, 0.1) is 0 Å². The Bertz CT molecular complexity index is 521. The van der Waals surface area contributed by atoms with Crippen molar-refractivity contribution in [1.82, 2.24) is 0 Å². The van der Waals surface area contributed by atoms with E-state index < -0.39 is 0 Å². The second-order valence-electron chi connectivity index (χ2n) is 3.40. The van der Waals surface area contributed by atoms with Crippen molar-refractivity contribution in [1.29, 1.82) is 0 Å². The summed E-state index contributed by atoms with van der Waals surface area (Å²) >= 11 is 5.26. The van der Waals surface area contributed by atoms with Crippen molar-refractivity contribution in [3.63, 3.8) is 0 Å². The van der Waals surface area contributed by atoms with E-state index in [0.717, 1.165) is 5.56 Å². The Labute approximate surface area is 98.8 Å². The van der Waals surface area contributed by atoms with E-state index in [2.05, 4.69) is 0 Å². The molecule has 2 aromatic rings. The van der Waals surface area contributed by atoms with E-state index >= 15 is 0 Å². The fourth-order valence-electron chi connectivity index (χ4n) is 1.45. The number of phenols is 2. The average molecular weight is 230 g/mol. The van der Waals surface area contributed by atoms with Gasteiger partial charge in [-0.3, -0.25) is 0 Å². The molecule has 0 aliphatic rings. The minimum Gasteiger partial charge on any atom is -0.508 e. The number of hydrogen-bond acceptors (Lipinski definition) is 3. The maximum Gasteiger partial charge on any atom is 0.124 e. The van der Waals surface area contributed by atoms with Crippen LogP contribution in [0.1, 0.15) is 11.1 Å². The Hall–Kier alpha value is -1.87. The molecule has 2 aromatic carbocycles. The molecule has 2 rings (SSSR count). The Morgan fingerprint density at radius 1 is 0.938 bits per heavy atom. The summed E-state index contributed by atoms with van der Waals surface area (Å²) in [6.45, 7) is 0. The van der Waals surface area contributed by atoms with Crippen LogP contribution in [0.25, 0.3) is 0 Å². The molecule has 0 saturated heterocycles. The third-order valence-corrected chi connectivity index (χ3v) is 2.72. The first-order chi connectivity index (χ1) is 7.68. The minimum absolute atomic E-state index is 0.0756. The second kappa shape index (κ2) is 4.33. The maximum atomic E-state index is 9.67. The quantitative estimate of drug-likeness (QED) is 0.473. The Morgan fingerprint density at radius 2 is 1.62 bits per heavy atom. The lowest BCUT2D eigenvalue weighted by Crippen LogP contribution is -1.99. The smallest absolute Gasteiger partial charge is 0.124 e. The summed E-state index contributed by atoms with van der Waals surface area (Å²) in [5.74, 6) is 0.165. The number of rotatable bonds is 2. The molecular weight excluding hydrogens is 220 g/mol. The van der Waals surface area contributed by atoms with E-state index in [1.54, 1.807) is 0 Å². The maximum absolute atomic E-state index is 9.67. The summed E-state index contributed by atoms with van der Waals surface area (Å²) in [7, 11) is 0. The van der Waals surface area contributed by atoms with E-state index in [-0.39, 0.29) is 11.5 Å². The van der Waals surface area contributed by atoms with Crippen LogP contribution >= 0.6 is 12.2 Å². The molecule has 16 heavy (non-hydrogen) atoms.